The summed E-state index contributed by atoms with van der Waals surface area (Å²) in [7, 11) is 0. The molecule has 0 bridgehead atoms. The second-order valence-corrected chi connectivity index (χ2v) is 5.88. The fourth-order valence-corrected chi connectivity index (χ4v) is 2.51. The van der Waals surface area contributed by atoms with Gasteiger partial charge in [0.1, 0.15) is 6.54 Å². The Morgan fingerprint density at radius 1 is 1.39 bits per heavy atom. The number of hydrogen-bond acceptors (Lipinski definition) is 6. The molecule has 1 fully saturated rings. The lowest BCUT2D eigenvalue weighted by molar-refractivity contribution is -0.122. The van der Waals surface area contributed by atoms with Gasteiger partial charge in [0.05, 0.1) is 6.10 Å². The van der Waals surface area contributed by atoms with E-state index in [1.54, 1.807) is 24.3 Å². The fraction of sp³-hybridized carbons (Fsp3) is 0.429. The van der Waals surface area contributed by atoms with Gasteiger partial charge in [-0.05, 0) is 29.5 Å². The molecule has 122 valence electrons. The van der Waals surface area contributed by atoms with E-state index in [4.69, 9.17) is 11.6 Å². The molecule has 1 aromatic carbocycles. The molecule has 0 radical (unpaired) electrons. The quantitative estimate of drug-likeness (QED) is 0.692. The van der Waals surface area contributed by atoms with E-state index in [0.717, 1.165) is 5.56 Å². The Balaban J connectivity index is 1.54. The zero-order chi connectivity index (χ0) is 16.2. The molecular formula is C14H17ClN6O2. The van der Waals surface area contributed by atoms with Crippen LogP contribution in [-0.2, 0) is 11.3 Å². The fourth-order valence-electron chi connectivity index (χ4n) is 2.38. The largest absolute Gasteiger partial charge is 0.391 e. The number of halogens is 1. The standard InChI is InChI=1S/C14H17ClN6O2/c15-11-3-1-9(2-4-11)14-18-20-21(19-14)8-13(23)17-6-10-5-16-7-12(10)22/h1-4,10,12,16,22H,5-8H2,(H,17,23). The summed E-state index contributed by atoms with van der Waals surface area (Å²) in [4.78, 5) is 13.1. The van der Waals surface area contributed by atoms with E-state index in [9.17, 15) is 9.90 Å². The molecule has 1 aliphatic rings. The van der Waals surface area contributed by atoms with Crippen LogP contribution in [0.15, 0.2) is 24.3 Å². The molecule has 9 heteroatoms. The summed E-state index contributed by atoms with van der Waals surface area (Å²) in [6.45, 7) is 1.67. The Hall–Kier alpha value is -2.03. The minimum atomic E-state index is -0.420. The number of tetrazole rings is 1. The van der Waals surface area contributed by atoms with Crippen molar-refractivity contribution in [1.82, 2.24) is 30.8 Å². The monoisotopic (exact) mass is 336 g/mol. The van der Waals surface area contributed by atoms with Crippen molar-refractivity contribution in [2.24, 2.45) is 5.92 Å². The van der Waals surface area contributed by atoms with E-state index < -0.39 is 6.10 Å². The van der Waals surface area contributed by atoms with Gasteiger partial charge in [-0.1, -0.05) is 11.6 Å². The van der Waals surface area contributed by atoms with E-state index in [-0.39, 0.29) is 18.4 Å². The number of aromatic nitrogens is 4. The van der Waals surface area contributed by atoms with Crippen LogP contribution < -0.4 is 10.6 Å². The van der Waals surface area contributed by atoms with Crippen molar-refractivity contribution in [2.45, 2.75) is 12.6 Å². The number of nitrogens with zero attached hydrogens (tertiary/aromatic N) is 4. The summed E-state index contributed by atoms with van der Waals surface area (Å²) in [6.07, 6.45) is -0.420. The van der Waals surface area contributed by atoms with Crippen LogP contribution in [0, 0.1) is 5.92 Å². The molecule has 2 unspecified atom stereocenters. The second kappa shape index (κ2) is 7.03. The molecular weight excluding hydrogens is 320 g/mol. The van der Waals surface area contributed by atoms with Crippen LogP contribution in [0.4, 0.5) is 0 Å². The van der Waals surface area contributed by atoms with Crippen molar-refractivity contribution >= 4 is 17.5 Å². The zero-order valence-electron chi connectivity index (χ0n) is 12.3. The zero-order valence-corrected chi connectivity index (χ0v) is 13.1. The number of rotatable bonds is 5. The SMILES string of the molecule is O=C(Cn1nnc(-c2ccc(Cl)cc2)n1)NCC1CNCC1O. The van der Waals surface area contributed by atoms with Crippen molar-refractivity contribution in [3.8, 4) is 11.4 Å². The van der Waals surface area contributed by atoms with Gasteiger partial charge in [-0.25, -0.2) is 0 Å². The van der Waals surface area contributed by atoms with Crippen molar-refractivity contribution in [1.29, 1.82) is 0 Å². The van der Waals surface area contributed by atoms with E-state index >= 15 is 0 Å². The van der Waals surface area contributed by atoms with Crippen molar-refractivity contribution in [3.63, 3.8) is 0 Å². The third-order valence-corrected chi connectivity index (χ3v) is 3.96. The smallest absolute Gasteiger partial charge is 0.243 e. The number of carbonyl (C=O) groups is 1. The highest BCUT2D eigenvalue weighted by molar-refractivity contribution is 6.30. The number of nitrogens with one attached hydrogen (secondary N) is 2. The van der Waals surface area contributed by atoms with Crippen LogP contribution in [-0.4, -0.2) is 57.0 Å². The molecule has 3 rings (SSSR count). The predicted molar refractivity (Wildman–Crippen MR) is 83.6 cm³/mol. The highest BCUT2D eigenvalue weighted by Crippen LogP contribution is 2.16. The van der Waals surface area contributed by atoms with E-state index in [1.807, 2.05) is 0 Å². The van der Waals surface area contributed by atoms with Gasteiger partial charge < -0.3 is 15.7 Å². The number of β-amino-alcohol motifs (C(OH)–C–C–N with tert-alkyl or cyclic N) is 1. The van der Waals surface area contributed by atoms with E-state index in [1.165, 1.54) is 4.80 Å². The molecule has 0 spiro atoms. The highest BCUT2D eigenvalue weighted by atomic mass is 35.5. The summed E-state index contributed by atoms with van der Waals surface area (Å²) >= 11 is 5.84. The highest BCUT2D eigenvalue weighted by Gasteiger charge is 2.25. The van der Waals surface area contributed by atoms with E-state index in [2.05, 4.69) is 26.0 Å². The van der Waals surface area contributed by atoms with Gasteiger partial charge in [-0.15, -0.1) is 10.2 Å². The maximum atomic E-state index is 11.9. The number of aliphatic hydroxyl groups excluding tert-OH is 1. The number of amides is 1. The number of hydrogen-bond donors (Lipinski definition) is 3. The maximum Gasteiger partial charge on any atom is 0.243 e. The van der Waals surface area contributed by atoms with Crippen molar-refractivity contribution in [2.75, 3.05) is 19.6 Å². The van der Waals surface area contributed by atoms with Gasteiger partial charge >= 0.3 is 0 Å². The van der Waals surface area contributed by atoms with Gasteiger partial charge in [0.25, 0.3) is 0 Å². The van der Waals surface area contributed by atoms with Crippen molar-refractivity contribution in [3.05, 3.63) is 29.3 Å². The first kappa shape index (κ1) is 15.9. The van der Waals surface area contributed by atoms with Crippen LogP contribution >= 0.6 is 11.6 Å². The normalized spacial score (nSPS) is 20.6. The molecule has 1 saturated heterocycles. The third kappa shape index (κ3) is 4.04. The third-order valence-electron chi connectivity index (χ3n) is 3.71. The number of benzene rings is 1. The van der Waals surface area contributed by atoms with Crippen LogP contribution in [0.3, 0.4) is 0 Å². The van der Waals surface area contributed by atoms with Gasteiger partial charge in [-0.3, -0.25) is 4.79 Å². The minimum absolute atomic E-state index is 0.0170. The number of carbonyl (C=O) groups excluding carboxylic acids is 1. The summed E-state index contributed by atoms with van der Waals surface area (Å²) in [5, 5.41) is 28.1. The lowest BCUT2D eigenvalue weighted by Gasteiger charge is -2.13. The topological polar surface area (TPSA) is 105 Å². The molecule has 2 atom stereocenters. The van der Waals surface area contributed by atoms with Gasteiger partial charge in [-0.2, -0.15) is 4.80 Å². The first-order valence-corrected chi connectivity index (χ1v) is 7.69. The van der Waals surface area contributed by atoms with Crippen LogP contribution in [0.25, 0.3) is 11.4 Å². The first-order chi connectivity index (χ1) is 11.1. The molecule has 0 saturated carbocycles. The molecule has 1 amide bonds. The molecule has 2 heterocycles. The Kier molecular flexibility index (Phi) is 4.85. The molecule has 1 aliphatic heterocycles. The summed E-state index contributed by atoms with van der Waals surface area (Å²) < 4.78 is 0. The lowest BCUT2D eigenvalue weighted by atomic mass is 10.1. The average molecular weight is 337 g/mol. The Morgan fingerprint density at radius 3 is 2.87 bits per heavy atom. The average Bonchev–Trinajstić information content (AvgIpc) is 3.15. The Labute approximate surface area is 137 Å². The predicted octanol–water partition coefficient (Wildman–Crippen LogP) is -0.310. The summed E-state index contributed by atoms with van der Waals surface area (Å²) in [6, 6.07) is 7.06. The van der Waals surface area contributed by atoms with Gasteiger partial charge in [0.15, 0.2) is 0 Å². The van der Waals surface area contributed by atoms with E-state index in [0.29, 0.717) is 30.5 Å². The Morgan fingerprint density at radius 2 is 2.17 bits per heavy atom. The molecule has 2 aromatic rings. The van der Waals surface area contributed by atoms with Crippen molar-refractivity contribution < 1.29 is 9.90 Å². The minimum Gasteiger partial charge on any atom is -0.391 e. The molecule has 8 nitrogen and oxygen atoms in total. The van der Waals surface area contributed by atoms with Crippen LogP contribution in [0.2, 0.25) is 5.02 Å². The molecule has 23 heavy (non-hydrogen) atoms. The van der Waals surface area contributed by atoms with Gasteiger partial charge in [0, 0.05) is 36.1 Å². The second-order valence-electron chi connectivity index (χ2n) is 5.44. The number of aliphatic hydroxyl groups is 1. The Bertz CT molecular complexity index is 674. The lowest BCUT2D eigenvalue weighted by Crippen LogP contribution is -2.36. The maximum absolute atomic E-state index is 11.9. The van der Waals surface area contributed by atoms with Crippen LogP contribution in [0.1, 0.15) is 0 Å². The summed E-state index contributed by atoms with van der Waals surface area (Å²) in [5.41, 5.74) is 0.779. The molecule has 3 N–H and O–H groups in total. The first-order valence-electron chi connectivity index (χ1n) is 7.31. The van der Waals surface area contributed by atoms with Crippen LogP contribution in [0.5, 0.6) is 0 Å². The summed E-state index contributed by atoms with van der Waals surface area (Å²) in [5.74, 6) is 0.251. The van der Waals surface area contributed by atoms with Gasteiger partial charge in [0.2, 0.25) is 11.7 Å². The molecule has 1 aromatic heterocycles. The molecule has 0 aliphatic carbocycles.